The quantitative estimate of drug-likeness (QED) is 0.558. The van der Waals surface area contributed by atoms with Crippen LogP contribution in [0.2, 0.25) is 5.02 Å². The molecule has 2 aromatic carbocycles. The molecule has 0 saturated carbocycles. The summed E-state index contributed by atoms with van der Waals surface area (Å²) in [5.74, 6) is 0.0186. The molecule has 2 aromatic rings. The van der Waals surface area contributed by atoms with Gasteiger partial charge in [-0.25, -0.2) is 0 Å². The number of oxime groups is 1. The van der Waals surface area contributed by atoms with Gasteiger partial charge in [-0.05, 0) is 42.8 Å². The summed E-state index contributed by atoms with van der Waals surface area (Å²) in [5.41, 5.74) is 2.64. The van der Waals surface area contributed by atoms with E-state index in [-0.39, 0.29) is 18.4 Å². The minimum atomic E-state index is -0.367. The van der Waals surface area contributed by atoms with E-state index in [1.807, 2.05) is 0 Å². The summed E-state index contributed by atoms with van der Waals surface area (Å²) in [6.45, 7) is 2.96. The summed E-state index contributed by atoms with van der Waals surface area (Å²) in [6.07, 6.45) is 0. The molecular formula is C19H20ClN3O4. The average Bonchev–Trinajstić information content (AvgIpc) is 2.62. The van der Waals surface area contributed by atoms with Gasteiger partial charge in [0.2, 0.25) is 5.91 Å². The number of amides is 2. The van der Waals surface area contributed by atoms with Crippen LogP contribution in [0.25, 0.3) is 0 Å². The van der Waals surface area contributed by atoms with E-state index >= 15 is 0 Å². The third-order valence-electron chi connectivity index (χ3n) is 3.46. The number of nitrogens with one attached hydrogen (secondary N) is 2. The molecule has 7 nitrogen and oxygen atoms in total. The van der Waals surface area contributed by atoms with E-state index in [0.29, 0.717) is 27.9 Å². The van der Waals surface area contributed by atoms with Gasteiger partial charge < -0.3 is 20.2 Å². The normalized spacial score (nSPS) is 10.9. The fourth-order valence-corrected chi connectivity index (χ4v) is 2.44. The number of ether oxygens (including phenoxy) is 1. The summed E-state index contributed by atoms with van der Waals surface area (Å²) in [4.78, 5) is 28.0. The Kier molecular flexibility index (Phi) is 7.19. The third kappa shape index (κ3) is 6.31. The Labute approximate surface area is 162 Å². The molecule has 2 amide bonds. The number of carbonyl (C=O) groups is 2. The Bertz CT molecular complexity index is 851. The van der Waals surface area contributed by atoms with Gasteiger partial charge in [-0.2, -0.15) is 0 Å². The van der Waals surface area contributed by atoms with Crippen LogP contribution in [-0.2, 0) is 14.4 Å². The first kappa shape index (κ1) is 20.3. The number of nitrogens with zero attached hydrogens (tertiary/aromatic N) is 1. The molecule has 0 bridgehead atoms. The van der Waals surface area contributed by atoms with E-state index in [2.05, 4.69) is 15.8 Å². The van der Waals surface area contributed by atoms with Gasteiger partial charge in [-0.3, -0.25) is 9.59 Å². The number of halogens is 1. The van der Waals surface area contributed by atoms with Gasteiger partial charge >= 0.3 is 0 Å². The molecule has 0 aromatic heterocycles. The van der Waals surface area contributed by atoms with Crippen LogP contribution in [0.3, 0.4) is 0 Å². The lowest BCUT2D eigenvalue weighted by Gasteiger charge is -2.08. The molecule has 0 aliphatic carbocycles. The molecule has 0 saturated heterocycles. The fraction of sp³-hybridized carbons (Fsp3) is 0.211. The number of rotatable bonds is 7. The van der Waals surface area contributed by atoms with Gasteiger partial charge in [-0.1, -0.05) is 28.9 Å². The van der Waals surface area contributed by atoms with Gasteiger partial charge in [0, 0.05) is 18.3 Å². The second-order valence-electron chi connectivity index (χ2n) is 5.61. The van der Waals surface area contributed by atoms with E-state index in [0.717, 1.165) is 5.56 Å². The number of hydrogen-bond donors (Lipinski definition) is 2. The lowest BCUT2D eigenvalue weighted by molar-refractivity contribution is -0.120. The summed E-state index contributed by atoms with van der Waals surface area (Å²) < 4.78 is 5.06. The maximum absolute atomic E-state index is 11.9. The lowest BCUT2D eigenvalue weighted by atomic mass is 10.1. The maximum Gasteiger partial charge on any atom is 0.265 e. The lowest BCUT2D eigenvalue weighted by Crippen LogP contribution is -2.17. The van der Waals surface area contributed by atoms with Crippen LogP contribution < -0.4 is 15.4 Å². The van der Waals surface area contributed by atoms with Crippen LogP contribution in [0, 0.1) is 0 Å². The fourth-order valence-electron chi connectivity index (χ4n) is 2.18. The third-order valence-corrected chi connectivity index (χ3v) is 3.75. The first-order valence-corrected chi connectivity index (χ1v) is 8.45. The molecule has 0 unspecified atom stereocenters. The van der Waals surface area contributed by atoms with E-state index in [4.69, 9.17) is 21.2 Å². The molecule has 2 rings (SSSR count). The number of anilines is 2. The van der Waals surface area contributed by atoms with Gasteiger partial charge in [0.1, 0.15) is 5.75 Å². The Morgan fingerprint density at radius 3 is 2.30 bits per heavy atom. The van der Waals surface area contributed by atoms with Crippen molar-refractivity contribution in [3.8, 4) is 5.75 Å². The second kappa shape index (κ2) is 9.59. The SMILES string of the molecule is COc1ccc(NC(=O)CO/N=C(\C)c2ccc(NC(C)=O)cc2)cc1Cl. The predicted octanol–water partition coefficient (Wildman–Crippen LogP) is 3.69. The van der Waals surface area contributed by atoms with Crippen molar-refractivity contribution >= 4 is 40.5 Å². The highest BCUT2D eigenvalue weighted by molar-refractivity contribution is 6.32. The van der Waals surface area contributed by atoms with Crippen molar-refractivity contribution in [3.63, 3.8) is 0 Å². The molecule has 142 valence electrons. The Morgan fingerprint density at radius 1 is 1.04 bits per heavy atom. The molecule has 0 aliphatic rings. The van der Waals surface area contributed by atoms with E-state index < -0.39 is 0 Å². The molecule has 0 spiro atoms. The molecule has 8 heteroatoms. The summed E-state index contributed by atoms with van der Waals surface area (Å²) in [7, 11) is 1.51. The molecule has 0 aliphatic heterocycles. The van der Waals surface area contributed by atoms with Crippen molar-refractivity contribution in [2.24, 2.45) is 5.16 Å². The predicted molar refractivity (Wildman–Crippen MR) is 106 cm³/mol. The zero-order valence-corrected chi connectivity index (χ0v) is 16.0. The van der Waals surface area contributed by atoms with Crippen LogP contribution in [0.1, 0.15) is 19.4 Å². The van der Waals surface area contributed by atoms with Crippen LogP contribution in [0.5, 0.6) is 5.75 Å². The summed E-state index contributed by atoms with van der Waals surface area (Å²) in [5, 5.41) is 9.67. The molecule has 0 fully saturated rings. The Balaban J connectivity index is 1.87. The smallest absolute Gasteiger partial charge is 0.265 e. The largest absolute Gasteiger partial charge is 0.495 e. The van der Waals surface area contributed by atoms with E-state index in [1.54, 1.807) is 49.4 Å². The van der Waals surface area contributed by atoms with Gasteiger partial charge in [-0.15, -0.1) is 0 Å². The average molecular weight is 390 g/mol. The van der Waals surface area contributed by atoms with Crippen molar-refractivity contribution in [1.82, 2.24) is 0 Å². The number of benzene rings is 2. The first-order chi connectivity index (χ1) is 12.9. The van der Waals surface area contributed by atoms with Crippen molar-refractivity contribution < 1.29 is 19.2 Å². The van der Waals surface area contributed by atoms with Gasteiger partial charge in [0.15, 0.2) is 6.61 Å². The minimum absolute atomic E-state index is 0.138. The van der Waals surface area contributed by atoms with Crippen LogP contribution in [0.4, 0.5) is 11.4 Å². The zero-order chi connectivity index (χ0) is 19.8. The number of methoxy groups -OCH3 is 1. The van der Waals surface area contributed by atoms with E-state index in [1.165, 1.54) is 14.0 Å². The standard InChI is InChI=1S/C19H20ClN3O4/c1-12(14-4-6-15(7-5-14)21-13(2)24)23-27-11-19(25)22-16-8-9-18(26-3)17(20)10-16/h4-10H,11H2,1-3H3,(H,21,24)(H,22,25)/b23-12+. The molecular weight excluding hydrogens is 370 g/mol. The number of hydrogen-bond acceptors (Lipinski definition) is 5. The monoisotopic (exact) mass is 389 g/mol. The van der Waals surface area contributed by atoms with Crippen molar-refractivity contribution in [2.75, 3.05) is 24.4 Å². The highest BCUT2D eigenvalue weighted by Gasteiger charge is 2.07. The Hall–Kier alpha value is -3.06. The van der Waals surface area contributed by atoms with Gasteiger partial charge in [0.25, 0.3) is 5.91 Å². The molecule has 2 N–H and O–H groups in total. The second-order valence-corrected chi connectivity index (χ2v) is 6.01. The van der Waals surface area contributed by atoms with Crippen LogP contribution in [-0.4, -0.2) is 31.2 Å². The molecule has 0 radical (unpaired) electrons. The van der Waals surface area contributed by atoms with Crippen molar-refractivity contribution in [1.29, 1.82) is 0 Å². The van der Waals surface area contributed by atoms with Crippen molar-refractivity contribution in [3.05, 3.63) is 53.1 Å². The van der Waals surface area contributed by atoms with Crippen LogP contribution in [0.15, 0.2) is 47.6 Å². The molecule has 27 heavy (non-hydrogen) atoms. The van der Waals surface area contributed by atoms with Crippen LogP contribution >= 0.6 is 11.6 Å². The summed E-state index contributed by atoms with van der Waals surface area (Å²) in [6, 6.07) is 12.0. The number of carbonyl (C=O) groups excluding carboxylic acids is 2. The molecule has 0 atom stereocenters. The maximum atomic E-state index is 11.9. The van der Waals surface area contributed by atoms with E-state index in [9.17, 15) is 9.59 Å². The summed E-state index contributed by atoms with van der Waals surface area (Å²) >= 11 is 6.01. The first-order valence-electron chi connectivity index (χ1n) is 8.07. The van der Waals surface area contributed by atoms with Gasteiger partial charge in [0.05, 0.1) is 17.8 Å². The Morgan fingerprint density at radius 2 is 1.70 bits per heavy atom. The minimum Gasteiger partial charge on any atom is -0.495 e. The highest BCUT2D eigenvalue weighted by Crippen LogP contribution is 2.27. The topological polar surface area (TPSA) is 89.0 Å². The highest BCUT2D eigenvalue weighted by atomic mass is 35.5. The molecule has 0 heterocycles. The van der Waals surface area contributed by atoms with Crippen molar-refractivity contribution in [2.45, 2.75) is 13.8 Å². The zero-order valence-electron chi connectivity index (χ0n) is 15.2.